The van der Waals surface area contributed by atoms with E-state index in [1.165, 1.54) is 36.9 Å². The van der Waals surface area contributed by atoms with Crippen LogP contribution in [0.3, 0.4) is 0 Å². The fourth-order valence-electron chi connectivity index (χ4n) is 5.18. The fourth-order valence-corrected chi connectivity index (χ4v) is 7.31. The van der Waals surface area contributed by atoms with Gasteiger partial charge < -0.3 is 5.11 Å². The minimum atomic E-state index is 0. The molecule has 0 aliphatic carbocycles. The maximum absolute atomic E-state index is 11.7. The number of fused-ring (bicyclic) bond motifs is 4. The molecule has 2 aromatic carbocycles. The Morgan fingerprint density at radius 3 is 2.24 bits per heavy atom. The first kappa shape index (κ1) is 33.1. The third kappa shape index (κ3) is 6.97. The van der Waals surface area contributed by atoms with Gasteiger partial charge in [-0.25, -0.2) is 4.98 Å². The van der Waals surface area contributed by atoms with Gasteiger partial charge in [0.25, 0.3) is 0 Å². The third-order valence-corrected chi connectivity index (χ3v) is 10.1. The molecule has 3 aromatic heterocycles. The van der Waals surface area contributed by atoms with Crippen LogP contribution in [0, 0.1) is 38.7 Å². The molecule has 0 amide bonds. The molecule has 0 fully saturated rings. The average Bonchev–Trinajstić information content (AvgIpc) is 3.48. The van der Waals surface area contributed by atoms with Crippen molar-refractivity contribution < 1.29 is 30.0 Å². The number of hydrogen-bond donors (Lipinski definition) is 1. The summed E-state index contributed by atoms with van der Waals surface area (Å²) < 4.78 is 2.43. The van der Waals surface area contributed by atoms with Crippen molar-refractivity contribution in [3.8, 4) is 11.3 Å². The molecule has 0 unspecified atom stereocenters. The van der Waals surface area contributed by atoms with Crippen molar-refractivity contribution in [3.05, 3.63) is 69.9 Å². The predicted octanol–water partition coefficient (Wildman–Crippen LogP) is 10.3. The number of carbonyl (C=O) groups is 1. The van der Waals surface area contributed by atoms with E-state index in [1.807, 2.05) is 39.0 Å². The van der Waals surface area contributed by atoms with E-state index < -0.39 is 0 Å². The zero-order chi connectivity index (χ0) is 29.0. The van der Waals surface area contributed by atoms with Crippen molar-refractivity contribution in [1.29, 1.82) is 0 Å². The molecular formula is C34H39IrN2O2S2-. The number of rotatable bonds is 8. The Kier molecular flexibility index (Phi) is 11.8. The number of aliphatic hydroxyl groups is 1. The van der Waals surface area contributed by atoms with Crippen molar-refractivity contribution >= 4 is 59.5 Å². The van der Waals surface area contributed by atoms with Gasteiger partial charge in [-0.05, 0) is 61.6 Å². The Hall–Kier alpha value is -2.44. The fraction of sp³-hybridized carbons (Fsp3) is 0.382. The largest absolute Gasteiger partial charge is 0.512 e. The zero-order valence-corrected chi connectivity index (χ0v) is 29.0. The van der Waals surface area contributed by atoms with Crippen LogP contribution in [0.25, 0.3) is 42.3 Å². The Labute approximate surface area is 265 Å². The molecule has 219 valence electrons. The Bertz CT molecular complexity index is 1680. The minimum absolute atomic E-state index is 0. The van der Waals surface area contributed by atoms with Crippen LogP contribution in [-0.2, 0) is 24.9 Å². The topological polar surface area (TPSA) is 63.1 Å². The van der Waals surface area contributed by atoms with E-state index >= 15 is 0 Å². The molecule has 0 saturated heterocycles. The Balaban J connectivity index is 0.000000253. The summed E-state index contributed by atoms with van der Waals surface area (Å²) in [7, 11) is 0. The van der Waals surface area contributed by atoms with Crippen molar-refractivity contribution in [2.75, 3.05) is 0 Å². The Morgan fingerprint density at radius 2 is 1.59 bits per heavy atom. The van der Waals surface area contributed by atoms with E-state index in [0.29, 0.717) is 0 Å². The summed E-state index contributed by atoms with van der Waals surface area (Å²) in [5.74, 6) is 0.547. The van der Waals surface area contributed by atoms with E-state index in [1.54, 1.807) is 17.7 Å². The maximum atomic E-state index is 11.7. The molecule has 0 aliphatic rings. The van der Waals surface area contributed by atoms with Crippen LogP contribution >= 0.6 is 22.7 Å². The molecular weight excluding hydrogens is 725 g/mol. The second-order valence-electron chi connectivity index (χ2n) is 10.3. The second kappa shape index (κ2) is 14.6. The molecule has 7 heteroatoms. The zero-order valence-electron chi connectivity index (χ0n) is 24.9. The smallest absolute Gasteiger partial charge is 0.162 e. The van der Waals surface area contributed by atoms with Gasteiger partial charge in [0.2, 0.25) is 0 Å². The molecule has 41 heavy (non-hydrogen) atoms. The van der Waals surface area contributed by atoms with Gasteiger partial charge in [-0.3, -0.25) is 9.78 Å². The molecule has 0 bridgehead atoms. The molecule has 1 radical (unpaired) electrons. The number of hydrogen-bond acceptors (Lipinski definition) is 6. The minimum Gasteiger partial charge on any atom is -0.512 e. The molecule has 0 aliphatic heterocycles. The van der Waals surface area contributed by atoms with Crippen molar-refractivity contribution in [2.45, 2.75) is 74.1 Å². The summed E-state index contributed by atoms with van der Waals surface area (Å²) in [6, 6.07) is 14.4. The number of ketones is 1. The van der Waals surface area contributed by atoms with Gasteiger partial charge in [-0.1, -0.05) is 68.3 Å². The molecule has 5 rings (SSSR count). The number of benzene rings is 2. The van der Waals surface area contributed by atoms with Gasteiger partial charge in [0.05, 0.1) is 11.3 Å². The van der Waals surface area contributed by atoms with Crippen molar-refractivity contribution in [3.63, 3.8) is 0 Å². The van der Waals surface area contributed by atoms with Crippen molar-refractivity contribution in [1.82, 2.24) is 9.97 Å². The van der Waals surface area contributed by atoms with E-state index in [4.69, 9.17) is 0 Å². The molecule has 0 saturated carbocycles. The summed E-state index contributed by atoms with van der Waals surface area (Å²) in [6.45, 7) is 14.5. The van der Waals surface area contributed by atoms with E-state index in [-0.39, 0.29) is 43.5 Å². The standard InChI is InChI=1S/C21H15N2S2.C13H24O2.Ir/c1-11-8-16-15-7-5-4-6-14(15)9-17(20(16)24-11)19-21-18(22-10-23-19)12(2)13(3)25-21;1-5-10(6-2)12(14)9-13(15)11(7-3)8-4;/h4-8,10H,1-3H3;9-11,14H,5-8H2,1-4H3;/q-1;;/b;12-9-;. The monoisotopic (exact) mass is 764 g/mol. The summed E-state index contributed by atoms with van der Waals surface area (Å²) in [5, 5.41) is 13.5. The number of aromatic nitrogens is 2. The predicted molar refractivity (Wildman–Crippen MR) is 173 cm³/mol. The summed E-state index contributed by atoms with van der Waals surface area (Å²) in [5.41, 5.74) is 4.42. The van der Waals surface area contributed by atoms with Crippen LogP contribution in [0.15, 0.2) is 48.5 Å². The molecule has 1 N–H and O–H groups in total. The number of aliphatic hydroxyl groups excluding tert-OH is 1. The van der Waals surface area contributed by atoms with Crippen LogP contribution in [0.5, 0.6) is 0 Å². The van der Waals surface area contributed by atoms with Gasteiger partial charge in [-0.15, -0.1) is 28.9 Å². The first-order valence-corrected chi connectivity index (χ1v) is 15.9. The SMILES string of the molecule is CCC(CC)C(=O)/C=C(\O)C(CC)CC.Cc1cc2c(s1)c(-c1ncnc3c(C)c(C)sc13)[c-]c1ccccc12.[Ir]. The summed E-state index contributed by atoms with van der Waals surface area (Å²) in [4.78, 5) is 23.5. The van der Waals surface area contributed by atoms with Gasteiger partial charge in [-0.2, -0.15) is 11.3 Å². The number of allylic oxidation sites excluding steroid dienone is 2. The number of carbonyl (C=O) groups excluding carboxylic acids is 1. The van der Waals surface area contributed by atoms with Crippen LogP contribution < -0.4 is 0 Å². The van der Waals surface area contributed by atoms with Crippen LogP contribution in [0.2, 0.25) is 0 Å². The quantitative estimate of drug-likeness (QED) is 0.0971. The van der Waals surface area contributed by atoms with Crippen LogP contribution in [-0.4, -0.2) is 20.9 Å². The molecule has 3 heterocycles. The first-order valence-electron chi connectivity index (χ1n) is 14.2. The molecule has 5 aromatic rings. The van der Waals surface area contributed by atoms with E-state index in [2.05, 4.69) is 67.1 Å². The van der Waals surface area contributed by atoms with Crippen LogP contribution in [0.1, 0.15) is 68.7 Å². The maximum Gasteiger partial charge on any atom is 0.162 e. The normalized spacial score (nSPS) is 11.8. The molecule has 0 spiro atoms. The Morgan fingerprint density at radius 1 is 0.927 bits per heavy atom. The summed E-state index contributed by atoms with van der Waals surface area (Å²) in [6.07, 6.45) is 6.59. The van der Waals surface area contributed by atoms with Gasteiger partial charge >= 0.3 is 0 Å². The number of aryl methyl sites for hydroxylation is 3. The third-order valence-electron chi connectivity index (χ3n) is 7.82. The molecule has 0 atom stereocenters. The number of nitrogens with zero attached hydrogens (tertiary/aromatic N) is 2. The van der Waals surface area contributed by atoms with Crippen molar-refractivity contribution in [2.24, 2.45) is 11.8 Å². The summed E-state index contributed by atoms with van der Waals surface area (Å²) >= 11 is 3.60. The van der Waals surface area contributed by atoms with Gasteiger partial charge in [0, 0.05) is 53.3 Å². The van der Waals surface area contributed by atoms with E-state index in [0.717, 1.165) is 52.5 Å². The van der Waals surface area contributed by atoms with Gasteiger partial charge in [0.1, 0.15) is 6.33 Å². The second-order valence-corrected chi connectivity index (χ2v) is 12.8. The number of thiophene rings is 2. The average molecular weight is 764 g/mol. The van der Waals surface area contributed by atoms with Gasteiger partial charge in [0.15, 0.2) is 5.78 Å². The van der Waals surface area contributed by atoms with E-state index in [9.17, 15) is 9.90 Å². The van der Waals surface area contributed by atoms with Crippen LogP contribution in [0.4, 0.5) is 0 Å². The molecule has 4 nitrogen and oxygen atoms in total. The first-order chi connectivity index (χ1) is 19.2.